The Labute approximate surface area is 180 Å². The summed E-state index contributed by atoms with van der Waals surface area (Å²) in [5, 5.41) is 2.94. The van der Waals surface area contributed by atoms with Crippen LogP contribution in [0.1, 0.15) is 38.8 Å². The Bertz CT molecular complexity index is 804. The summed E-state index contributed by atoms with van der Waals surface area (Å²) in [4.78, 5) is 14.9. The normalized spacial score (nSPS) is 16.1. The molecule has 5 heteroatoms. The zero-order valence-corrected chi connectivity index (χ0v) is 18.6. The van der Waals surface area contributed by atoms with Gasteiger partial charge in [0.2, 0.25) is 0 Å². The summed E-state index contributed by atoms with van der Waals surface area (Å²) in [5.41, 5.74) is 3.38. The Balaban J connectivity index is 1.47. The summed E-state index contributed by atoms with van der Waals surface area (Å²) < 4.78 is 11.2. The van der Waals surface area contributed by atoms with Crippen LogP contribution in [0.2, 0.25) is 0 Å². The number of morpholine rings is 1. The van der Waals surface area contributed by atoms with Crippen molar-refractivity contribution in [1.29, 1.82) is 0 Å². The first kappa shape index (κ1) is 22.3. The van der Waals surface area contributed by atoms with Gasteiger partial charge in [-0.05, 0) is 54.2 Å². The summed E-state index contributed by atoms with van der Waals surface area (Å²) in [7, 11) is 0. The molecule has 2 aromatic carbocycles. The maximum Gasteiger partial charge on any atom is 0.265 e. The van der Waals surface area contributed by atoms with E-state index in [4.69, 9.17) is 9.47 Å². The van der Waals surface area contributed by atoms with E-state index >= 15 is 0 Å². The Morgan fingerprint density at radius 1 is 1.07 bits per heavy atom. The standard InChI is InChI=1S/C25H34N2O3/c1-19(30-23-11-7-21(8-12-23)25(2,3)4)24(28)26-22-9-5-20(6-10-22)13-14-27-15-17-29-18-16-27/h5-12,19H,13-18H2,1-4H3,(H,26,28). The zero-order valence-electron chi connectivity index (χ0n) is 18.6. The molecule has 1 unspecified atom stereocenters. The number of hydrogen-bond acceptors (Lipinski definition) is 4. The molecule has 0 bridgehead atoms. The molecule has 1 fully saturated rings. The molecule has 3 rings (SSSR count). The van der Waals surface area contributed by atoms with Crippen LogP contribution in [0.15, 0.2) is 48.5 Å². The van der Waals surface area contributed by atoms with E-state index in [0.717, 1.165) is 45.0 Å². The van der Waals surface area contributed by atoms with E-state index in [1.54, 1.807) is 6.92 Å². The van der Waals surface area contributed by atoms with Crippen molar-refractivity contribution in [2.24, 2.45) is 0 Å². The highest BCUT2D eigenvalue weighted by atomic mass is 16.5. The lowest BCUT2D eigenvalue weighted by atomic mass is 9.87. The Hall–Kier alpha value is -2.37. The molecule has 1 aliphatic rings. The summed E-state index contributed by atoms with van der Waals surface area (Å²) in [6.07, 6.45) is 0.421. The number of amides is 1. The maximum absolute atomic E-state index is 12.5. The van der Waals surface area contributed by atoms with E-state index in [0.29, 0.717) is 5.75 Å². The number of carbonyl (C=O) groups excluding carboxylic acids is 1. The number of benzene rings is 2. The molecule has 0 saturated carbocycles. The van der Waals surface area contributed by atoms with Crippen molar-refractivity contribution < 1.29 is 14.3 Å². The average molecular weight is 411 g/mol. The van der Waals surface area contributed by atoms with Crippen LogP contribution in [-0.2, 0) is 21.4 Å². The van der Waals surface area contributed by atoms with Gasteiger partial charge in [-0.1, -0.05) is 45.0 Å². The number of hydrogen-bond donors (Lipinski definition) is 1. The lowest BCUT2D eigenvalue weighted by molar-refractivity contribution is -0.122. The van der Waals surface area contributed by atoms with Crippen molar-refractivity contribution in [2.45, 2.75) is 45.6 Å². The first-order valence-corrected chi connectivity index (χ1v) is 10.8. The van der Waals surface area contributed by atoms with Gasteiger partial charge in [0.05, 0.1) is 13.2 Å². The number of anilines is 1. The van der Waals surface area contributed by atoms with E-state index in [-0.39, 0.29) is 11.3 Å². The molecule has 1 amide bonds. The molecule has 30 heavy (non-hydrogen) atoms. The van der Waals surface area contributed by atoms with Gasteiger partial charge in [0.15, 0.2) is 6.10 Å². The molecular weight excluding hydrogens is 376 g/mol. The molecule has 0 radical (unpaired) electrons. The Morgan fingerprint density at radius 3 is 2.30 bits per heavy atom. The van der Waals surface area contributed by atoms with Crippen molar-refractivity contribution in [3.05, 3.63) is 59.7 Å². The number of rotatable bonds is 7. The minimum absolute atomic E-state index is 0.0931. The smallest absolute Gasteiger partial charge is 0.265 e. The molecule has 0 aliphatic carbocycles. The maximum atomic E-state index is 12.5. The van der Waals surface area contributed by atoms with Crippen LogP contribution in [-0.4, -0.2) is 49.8 Å². The van der Waals surface area contributed by atoms with Gasteiger partial charge in [0, 0.05) is 25.3 Å². The summed E-state index contributed by atoms with van der Waals surface area (Å²) in [6, 6.07) is 16.0. The second-order valence-electron chi connectivity index (χ2n) is 8.92. The first-order valence-electron chi connectivity index (χ1n) is 10.8. The fourth-order valence-corrected chi connectivity index (χ4v) is 3.40. The van der Waals surface area contributed by atoms with Gasteiger partial charge in [0.1, 0.15) is 5.75 Å². The zero-order chi connectivity index (χ0) is 21.6. The molecular formula is C25H34N2O3. The molecule has 2 aromatic rings. The molecule has 162 valence electrons. The van der Waals surface area contributed by atoms with Gasteiger partial charge >= 0.3 is 0 Å². The fourth-order valence-electron chi connectivity index (χ4n) is 3.40. The van der Waals surface area contributed by atoms with E-state index in [1.807, 2.05) is 24.3 Å². The van der Waals surface area contributed by atoms with Gasteiger partial charge in [-0.25, -0.2) is 0 Å². The molecule has 1 aliphatic heterocycles. The van der Waals surface area contributed by atoms with Crippen LogP contribution in [0, 0.1) is 0 Å². The number of carbonyl (C=O) groups is 1. The predicted octanol–water partition coefficient (Wildman–Crippen LogP) is 4.26. The number of nitrogens with zero attached hydrogens (tertiary/aromatic N) is 1. The van der Waals surface area contributed by atoms with Gasteiger partial charge < -0.3 is 14.8 Å². The second-order valence-corrected chi connectivity index (χ2v) is 8.92. The van der Waals surface area contributed by atoms with Crippen LogP contribution in [0.5, 0.6) is 5.75 Å². The summed E-state index contributed by atoms with van der Waals surface area (Å²) >= 11 is 0. The highest BCUT2D eigenvalue weighted by Gasteiger charge is 2.17. The third-order valence-corrected chi connectivity index (χ3v) is 5.44. The van der Waals surface area contributed by atoms with Crippen LogP contribution in [0.25, 0.3) is 0 Å². The first-order chi connectivity index (χ1) is 14.3. The quantitative estimate of drug-likeness (QED) is 0.741. The van der Waals surface area contributed by atoms with Crippen molar-refractivity contribution >= 4 is 11.6 Å². The molecule has 1 heterocycles. The number of nitrogens with one attached hydrogen (secondary N) is 1. The Kier molecular flexibility index (Phi) is 7.51. The molecule has 0 spiro atoms. The van der Waals surface area contributed by atoms with Crippen molar-refractivity contribution in [3.8, 4) is 5.75 Å². The molecule has 5 nitrogen and oxygen atoms in total. The SMILES string of the molecule is CC(Oc1ccc(C(C)(C)C)cc1)C(=O)Nc1ccc(CCN2CCOCC2)cc1. The number of ether oxygens (including phenoxy) is 2. The lowest BCUT2D eigenvalue weighted by Gasteiger charge is -2.26. The molecule has 1 atom stereocenters. The topological polar surface area (TPSA) is 50.8 Å². The van der Waals surface area contributed by atoms with Crippen LogP contribution >= 0.6 is 0 Å². The van der Waals surface area contributed by atoms with Crippen molar-refractivity contribution in [3.63, 3.8) is 0 Å². The molecule has 1 saturated heterocycles. The monoisotopic (exact) mass is 410 g/mol. The van der Waals surface area contributed by atoms with Gasteiger partial charge in [-0.15, -0.1) is 0 Å². The third kappa shape index (κ3) is 6.57. The van der Waals surface area contributed by atoms with Crippen LogP contribution < -0.4 is 10.1 Å². The van der Waals surface area contributed by atoms with E-state index in [9.17, 15) is 4.79 Å². The highest BCUT2D eigenvalue weighted by Crippen LogP contribution is 2.24. The second kappa shape index (κ2) is 10.1. The summed E-state index contributed by atoms with van der Waals surface area (Å²) in [6.45, 7) is 13.0. The van der Waals surface area contributed by atoms with Crippen LogP contribution in [0.3, 0.4) is 0 Å². The van der Waals surface area contributed by atoms with E-state index in [1.165, 1.54) is 11.1 Å². The third-order valence-electron chi connectivity index (χ3n) is 5.44. The van der Waals surface area contributed by atoms with Gasteiger partial charge in [-0.2, -0.15) is 0 Å². The van der Waals surface area contributed by atoms with Crippen molar-refractivity contribution in [1.82, 2.24) is 4.90 Å². The van der Waals surface area contributed by atoms with E-state index in [2.05, 4.69) is 55.3 Å². The fraction of sp³-hybridized carbons (Fsp3) is 0.480. The van der Waals surface area contributed by atoms with Gasteiger partial charge in [0.25, 0.3) is 5.91 Å². The minimum atomic E-state index is -0.577. The summed E-state index contributed by atoms with van der Waals surface area (Å²) in [5.74, 6) is 0.542. The minimum Gasteiger partial charge on any atom is -0.481 e. The lowest BCUT2D eigenvalue weighted by Crippen LogP contribution is -2.37. The largest absolute Gasteiger partial charge is 0.481 e. The van der Waals surface area contributed by atoms with E-state index < -0.39 is 6.10 Å². The highest BCUT2D eigenvalue weighted by molar-refractivity contribution is 5.94. The Morgan fingerprint density at radius 2 is 1.70 bits per heavy atom. The predicted molar refractivity (Wildman–Crippen MR) is 121 cm³/mol. The van der Waals surface area contributed by atoms with Gasteiger partial charge in [-0.3, -0.25) is 9.69 Å². The van der Waals surface area contributed by atoms with Crippen LogP contribution in [0.4, 0.5) is 5.69 Å². The van der Waals surface area contributed by atoms with Crippen molar-refractivity contribution in [2.75, 3.05) is 38.2 Å². The molecule has 1 N–H and O–H groups in total. The average Bonchev–Trinajstić information content (AvgIpc) is 2.73. The molecule has 0 aromatic heterocycles.